The molecule has 1 heterocycles. The van der Waals surface area contributed by atoms with E-state index in [9.17, 15) is 8.78 Å². The molecule has 0 bridgehead atoms. The number of halogens is 2. The number of rotatable bonds is 3. The maximum atomic E-state index is 13.7. The molecule has 0 aliphatic carbocycles. The second-order valence-corrected chi connectivity index (χ2v) is 4.73. The first-order valence-electron chi connectivity index (χ1n) is 6.53. The molecular weight excluding hydrogens is 270 g/mol. The molecule has 0 N–H and O–H groups in total. The van der Waals surface area contributed by atoms with Gasteiger partial charge >= 0.3 is 0 Å². The highest BCUT2D eigenvalue weighted by molar-refractivity contribution is 5.58. The molecule has 0 saturated heterocycles. The third-order valence-corrected chi connectivity index (χ3v) is 3.19. The Balaban J connectivity index is 1.90. The van der Waals surface area contributed by atoms with E-state index in [0.29, 0.717) is 12.0 Å². The molecule has 2 nitrogen and oxygen atoms in total. The van der Waals surface area contributed by atoms with E-state index in [2.05, 4.69) is 10.2 Å². The molecule has 0 spiro atoms. The van der Waals surface area contributed by atoms with Crippen LogP contribution in [0.5, 0.6) is 0 Å². The van der Waals surface area contributed by atoms with Gasteiger partial charge in [0.25, 0.3) is 0 Å². The lowest BCUT2D eigenvalue weighted by molar-refractivity contribution is 0.574. The van der Waals surface area contributed by atoms with Gasteiger partial charge in [-0.05, 0) is 23.3 Å². The molecule has 3 aromatic rings. The van der Waals surface area contributed by atoms with Crippen molar-refractivity contribution >= 4 is 0 Å². The van der Waals surface area contributed by atoms with E-state index in [4.69, 9.17) is 0 Å². The summed E-state index contributed by atoms with van der Waals surface area (Å²) in [7, 11) is 0. The van der Waals surface area contributed by atoms with Crippen LogP contribution in [0.15, 0.2) is 60.8 Å². The lowest BCUT2D eigenvalue weighted by Gasteiger charge is -2.05. The number of nitrogens with zero attached hydrogens (tertiary/aromatic N) is 2. The van der Waals surface area contributed by atoms with Crippen molar-refractivity contribution < 1.29 is 8.78 Å². The average molecular weight is 282 g/mol. The van der Waals surface area contributed by atoms with Gasteiger partial charge in [-0.25, -0.2) is 8.78 Å². The van der Waals surface area contributed by atoms with Crippen LogP contribution < -0.4 is 0 Å². The Morgan fingerprint density at radius 3 is 2.48 bits per heavy atom. The van der Waals surface area contributed by atoms with Crippen LogP contribution in [0, 0.1) is 11.6 Å². The van der Waals surface area contributed by atoms with Gasteiger partial charge in [0.05, 0.1) is 11.9 Å². The molecule has 4 heteroatoms. The van der Waals surface area contributed by atoms with Crippen molar-refractivity contribution in [2.24, 2.45) is 0 Å². The minimum Gasteiger partial charge on any atom is -0.207 e. The fourth-order valence-corrected chi connectivity index (χ4v) is 2.14. The van der Waals surface area contributed by atoms with Gasteiger partial charge in [-0.2, -0.15) is 10.2 Å². The summed E-state index contributed by atoms with van der Waals surface area (Å²) in [6.07, 6.45) is 1.94. The van der Waals surface area contributed by atoms with Crippen LogP contribution in [-0.4, -0.2) is 10.2 Å². The van der Waals surface area contributed by atoms with E-state index >= 15 is 0 Å². The molecule has 0 unspecified atom stereocenters. The highest BCUT2D eigenvalue weighted by atomic mass is 19.1. The Morgan fingerprint density at radius 2 is 1.71 bits per heavy atom. The topological polar surface area (TPSA) is 25.8 Å². The Kier molecular flexibility index (Phi) is 3.69. The van der Waals surface area contributed by atoms with Crippen LogP contribution in [0.25, 0.3) is 11.3 Å². The van der Waals surface area contributed by atoms with Crippen LogP contribution in [0.1, 0.15) is 11.1 Å². The van der Waals surface area contributed by atoms with Gasteiger partial charge in [-0.1, -0.05) is 36.4 Å². The van der Waals surface area contributed by atoms with E-state index in [1.807, 2.05) is 36.4 Å². The molecule has 3 rings (SSSR count). The predicted octanol–water partition coefficient (Wildman–Crippen LogP) is 4.01. The van der Waals surface area contributed by atoms with Gasteiger partial charge in [0, 0.05) is 18.1 Å². The zero-order chi connectivity index (χ0) is 14.7. The third-order valence-electron chi connectivity index (χ3n) is 3.19. The largest absolute Gasteiger partial charge is 0.207 e. The van der Waals surface area contributed by atoms with Crippen molar-refractivity contribution in [1.82, 2.24) is 10.2 Å². The standard InChI is InChI=1S/C17H12F2N2/c18-15-7-6-14(16(19)10-15)8-12-9-17(21-20-11-12)13-4-2-1-3-5-13/h1-7,9-11H,8H2. The summed E-state index contributed by atoms with van der Waals surface area (Å²) in [5, 5.41) is 8.04. The van der Waals surface area contributed by atoms with Crippen molar-refractivity contribution in [2.75, 3.05) is 0 Å². The molecule has 0 atom stereocenters. The van der Waals surface area contributed by atoms with Crippen LogP contribution in [0.3, 0.4) is 0 Å². The van der Waals surface area contributed by atoms with Crippen molar-refractivity contribution in [1.29, 1.82) is 0 Å². The zero-order valence-corrected chi connectivity index (χ0v) is 11.1. The second-order valence-electron chi connectivity index (χ2n) is 4.73. The molecule has 2 aromatic carbocycles. The SMILES string of the molecule is Fc1ccc(Cc2cnnc(-c3ccccc3)c2)c(F)c1. The smallest absolute Gasteiger partial charge is 0.129 e. The van der Waals surface area contributed by atoms with Crippen molar-refractivity contribution in [3.8, 4) is 11.3 Å². The third kappa shape index (κ3) is 3.11. The normalized spacial score (nSPS) is 10.6. The molecule has 21 heavy (non-hydrogen) atoms. The summed E-state index contributed by atoms with van der Waals surface area (Å²) in [5.74, 6) is -1.12. The molecule has 0 aliphatic rings. The van der Waals surface area contributed by atoms with Crippen LogP contribution in [0.4, 0.5) is 8.78 Å². The molecule has 1 aromatic heterocycles. The first-order valence-corrected chi connectivity index (χ1v) is 6.53. The minimum atomic E-state index is -0.575. The quantitative estimate of drug-likeness (QED) is 0.725. The lowest BCUT2D eigenvalue weighted by Crippen LogP contribution is -1.96. The summed E-state index contributed by atoms with van der Waals surface area (Å²) in [5.41, 5.74) is 2.94. The zero-order valence-electron chi connectivity index (χ0n) is 11.1. The second kappa shape index (κ2) is 5.79. The van der Waals surface area contributed by atoms with Crippen molar-refractivity contribution in [2.45, 2.75) is 6.42 Å². The number of hydrogen-bond donors (Lipinski definition) is 0. The number of hydrogen-bond acceptors (Lipinski definition) is 2. The maximum absolute atomic E-state index is 13.7. The van der Waals surface area contributed by atoms with E-state index in [-0.39, 0.29) is 0 Å². The maximum Gasteiger partial charge on any atom is 0.129 e. The van der Waals surface area contributed by atoms with Crippen LogP contribution >= 0.6 is 0 Å². The predicted molar refractivity (Wildman–Crippen MR) is 76.6 cm³/mol. The average Bonchev–Trinajstić information content (AvgIpc) is 2.51. The first-order chi connectivity index (χ1) is 10.2. The summed E-state index contributed by atoms with van der Waals surface area (Å²) in [6.45, 7) is 0. The monoisotopic (exact) mass is 282 g/mol. The van der Waals surface area contributed by atoms with Crippen LogP contribution in [0.2, 0.25) is 0 Å². The Hall–Kier alpha value is -2.62. The number of benzene rings is 2. The fourth-order valence-electron chi connectivity index (χ4n) is 2.14. The molecule has 0 saturated carbocycles. The van der Waals surface area contributed by atoms with Gasteiger partial charge in [-0.3, -0.25) is 0 Å². The Bertz CT molecular complexity index is 758. The fraction of sp³-hybridized carbons (Fsp3) is 0.0588. The van der Waals surface area contributed by atoms with Gasteiger partial charge in [0.15, 0.2) is 0 Å². The Labute approximate surface area is 121 Å². The van der Waals surface area contributed by atoms with E-state index in [1.54, 1.807) is 6.20 Å². The molecule has 0 fully saturated rings. The van der Waals surface area contributed by atoms with Crippen LogP contribution in [-0.2, 0) is 6.42 Å². The molecular formula is C17H12F2N2. The molecule has 0 amide bonds. The van der Waals surface area contributed by atoms with E-state index in [0.717, 1.165) is 22.9 Å². The van der Waals surface area contributed by atoms with Gasteiger partial charge in [0.2, 0.25) is 0 Å². The number of aromatic nitrogens is 2. The van der Waals surface area contributed by atoms with Crippen molar-refractivity contribution in [3.63, 3.8) is 0 Å². The van der Waals surface area contributed by atoms with Gasteiger partial charge < -0.3 is 0 Å². The summed E-state index contributed by atoms with van der Waals surface area (Å²) in [6, 6.07) is 15.1. The first kappa shape index (κ1) is 13.4. The van der Waals surface area contributed by atoms with E-state index < -0.39 is 11.6 Å². The van der Waals surface area contributed by atoms with Crippen molar-refractivity contribution in [3.05, 3.63) is 83.6 Å². The highest BCUT2D eigenvalue weighted by Gasteiger charge is 2.07. The Morgan fingerprint density at radius 1 is 0.905 bits per heavy atom. The van der Waals surface area contributed by atoms with Gasteiger partial charge in [0.1, 0.15) is 11.6 Å². The van der Waals surface area contributed by atoms with Gasteiger partial charge in [-0.15, -0.1) is 0 Å². The summed E-state index contributed by atoms with van der Waals surface area (Å²) < 4.78 is 26.6. The molecule has 0 radical (unpaired) electrons. The summed E-state index contributed by atoms with van der Waals surface area (Å²) >= 11 is 0. The lowest BCUT2D eigenvalue weighted by atomic mass is 10.0. The highest BCUT2D eigenvalue weighted by Crippen LogP contribution is 2.19. The minimum absolute atomic E-state index is 0.349. The summed E-state index contributed by atoms with van der Waals surface area (Å²) in [4.78, 5) is 0. The van der Waals surface area contributed by atoms with E-state index in [1.165, 1.54) is 12.1 Å². The molecule has 104 valence electrons. The molecule has 0 aliphatic heterocycles.